The van der Waals surface area contributed by atoms with Gasteiger partial charge < -0.3 is 20.4 Å². The predicted molar refractivity (Wildman–Crippen MR) is 60.4 cm³/mol. The van der Waals surface area contributed by atoms with Crippen molar-refractivity contribution >= 4 is 11.6 Å². The van der Waals surface area contributed by atoms with Gasteiger partial charge in [-0.25, -0.2) is 4.98 Å². The summed E-state index contributed by atoms with van der Waals surface area (Å²) in [6.45, 7) is 3.55. The number of hydrogen-bond donors (Lipinski definition) is 3. The first-order valence-corrected chi connectivity index (χ1v) is 5.37. The fraction of sp³-hybridized carbons (Fsp3) is 0.600. The van der Waals surface area contributed by atoms with Gasteiger partial charge in [0.05, 0.1) is 24.6 Å². The van der Waals surface area contributed by atoms with Gasteiger partial charge in [-0.3, -0.25) is 4.98 Å². The number of rotatable bonds is 3. The summed E-state index contributed by atoms with van der Waals surface area (Å²) >= 11 is 0. The molecule has 88 valence electrons. The summed E-state index contributed by atoms with van der Waals surface area (Å²) in [5.41, 5.74) is 0. The molecule has 0 saturated carbocycles. The van der Waals surface area contributed by atoms with E-state index in [4.69, 9.17) is 0 Å². The zero-order chi connectivity index (χ0) is 11.5. The van der Waals surface area contributed by atoms with Crippen LogP contribution in [0.15, 0.2) is 12.4 Å². The van der Waals surface area contributed by atoms with Gasteiger partial charge in [0.2, 0.25) is 0 Å². The van der Waals surface area contributed by atoms with E-state index in [-0.39, 0.29) is 0 Å². The zero-order valence-electron chi connectivity index (χ0n) is 9.17. The second-order valence-electron chi connectivity index (χ2n) is 3.83. The number of aliphatic hydroxyl groups excluding tert-OH is 2. The van der Waals surface area contributed by atoms with E-state index in [0.717, 1.165) is 6.54 Å². The van der Waals surface area contributed by atoms with Crippen LogP contribution in [0.1, 0.15) is 6.92 Å². The fourth-order valence-electron chi connectivity index (χ4n) is 1.73. The van der Waals surface area contributed by atoms with Gasteiger partial charge in [-0.2, -0.15) is 0 Å². The number of nitrogens with one attached hydrogen (secondary N) is 1. The lowest BCUT2D eigenvalue weighted by Crippen LogP contribution is -2.22. The number of nitrogens with zero attached hydrogens (tertiary/aromatic N) is 3. The van der Waals surface area contributed by atoms with Gasteiger partial charge >= 0.3 is 0 Å². The summed E-state index contributed by atoms with van der Waals surface area (Å²) in [6.07, 6.45) is 1.87. The maximum absolute atomic E-state index is 9.45. The number of aromatic nitrogens is 2. The molecule has 1 aromatic heterocycles. The highest BCUT2D eigenvalue weighted by molar-refractivity contribution is 5.45. The van der Waals surface area contributed by atoms with Crippen LogP contribution < -0.4 is 10.2 Å². The quantitative estimate of drug-likeness (QED) is 0.639. The smallest absolute Gasteiger partial charge is 0.149 e. The highest BCUT2D eigenvalue weighted by atomic mass is 16.3. The third-order valence-electron chi connectivity index (χ3n) is 2.56. The molecule has 6 nitrogen and oxygen atoms in total. The Balaban J connectivity index is 2.12. The highest BCUT2D eigenvalue weighted by Gasteiger charge is 2.30. The summed E-state index contributed by atoms with van der Waals surface area (Å²) in [6, 6.07) is 0. The Bertz CT molecular complexity index is 350. The fourth-order valence-corrected chi connectivity index (χ4v) is 1.73. The molecule has 1 aromatic rings. The molecular weight excluding hydrogens is 208 g/mol. The van der Waals surface area contributed by atoms with E-state index in [0.29, 0.717) is 24.7 Å². The lowest BCUT2D eigenvalue weighted by atomic mass is 10.3. The molecule has 2 atom stereocenters. The van der Waals surface area contributed by atoms with Crippen molar-refractivity contribution in [2.45, 2.75) is 19.1 Å². The first-order valence-electron chi connectivity index (χ1n) is 5.37. The average molecular weight is 224 g/mol. The number of hydrogen-bond acceptors (Lipinski definition) is 6. The van der Waals surface area contributed by atoms with Crippen LogP contribution in [0.3, 0.4) is 0 Å². The van der Waals surface area contributed by atoms with E-state index >= 15 is 0 Å². The van der Waals surface area contributed by atoms with Crippen LogP contribution in [-0.2, 0) is 0 Å². The van der Waals surface area contributed by atoms with Crippen LogP contribution in [0.5, 0.6) is 0 Å². The molecule has 1 aliphatic rings. The SMILES string of the molecule is CCNc1cncc(N2CC(O)C(O)C2)n1. The molecule has 2 unspecified atom stereocenters. The number of aliphatic hydroxyl groups is 2. The molecule has 2 heterocycles. The summed E-state index contributed by atoms with van der Waals surface area (Å²) in [5.74, 6) is 1.38. The third-order valence-corrected chi connectivity index (χ3v) is 2.56. The molecule has 1 saturated heterocycles. The van der Waals surface area contributed by atoms with E-state index in [1.54, 1.807) is 12.4 Å². The minimum atomic E-state index is -0.704. The van der Waals surface area contributed by atoms with Gasteiger partial charge in [0.15, 0.2) is 0 Å². The highest BCUT2D eigenvalue weighted by Crippen LogP contribution is 2.18. The van der Waals surface area contributed by atoms with Crippen molar-refractivity contribution in [3.63, 3.8) is 0 Å². The maximum atomic E-state index is 9.45. The summed E-state index contributed by atoms with van der Waals surface area (Å²) in [4.78, 5) is 10.2. The molecule has 0 aromatic carbocycles. The Morgan fingerprint density at radius 3 is 2.69 bits per heavy atom. The lowest BCUT2D eigenvalue weighted by Gasteiger charge is -2.16. The van der Waals surface area contributed by atoms with Crippen LogP contribution in [0.2, 0.25) is 0 Å². The molecule has 1 fully saturated rings. The standard InChI is InChI=1S/C10H16N4O2/c1-2-12-9-3-11-4-10(13-9)14-5-7(15)8(16)6-14/h3-4,7-8,15-16H,2,5-6H2,1H3,(H,12,13). The van der Waals surface area contributed by atoms with Gasteiger partial charge in [-0.15, -0.1) is 0 Å². The summed E-state index contributed by atoms with van der Waals surface area (Å²) in [5, 5.41) is 22.0. The molecule has 3 N–H and O–H groups in total. The lowest BCUT2D eigenvalue weighted by molar-refractivity contribution is 0.0572. The topological polar surface area (TPSA) is 81.5 Å². The molecule has 1 aliphatic heterocycles. The largest absolute Gasteiger partial charge is 0.389 e. The molecule has 6 heteroatoms. The van der Waals surface area contributed by atoms with Crippen molar-refractivity contribution in [3.05, 3.63) is 12.4 Å². The monoisotopic (exact) mass is 224 g/mol. The van der Waals surface area contributed by atoms with Crippen LogP contribution in [0.25, 0.3) is 0 Å². The summed E-state index contributed by atoms with van der Waals surface area (Å²) in [7, 11) is 0. The van der Waals surface area contributed by atoms with Crippen molar-refractivity contribution < 1.29 is 10.2 Å². The molecule has 16 heavy (non-hydrogen) atoms. The molecule has 0 radical (unpaired) electrons. The van der Waals surface area contributed by atoms with E-state index in [1.807, 2.05) is 11.8 Å². The van der Waals surface area contributed by atoms with Crippen molar-refractivity contribution in [2.75, 3.05) is 29.9 Å². The Morgan fingerprint density at radius 1 is 1.38 bits per heavy atom. The molecule has 2 rings (SSSR count). The number of β-amino-alcohol motifs (C(OH)–C–C–N with tert-alkyl or cyclic N) is 2. The zero-order valence-corrected chi connectivity index (χ0v) is 9.17. The summed E-state index contributed by atoms with van der Waals surface area (Å²) < 4.78 is 0. The van der Waals surface area contributed by atoms with Crippen LogP contribution in [-0.4, -0.2) is 52.0 Å². The minimum absolute atomic E-state index is 0.394. The first kappa shape index (κ1) is 11.1. The van der Waals surface area contributed by atoms with Gasteiger partial charge in [0, 0.05) is 19.6 Å². The Morgan fingerprint density at radius 2 is 2.06 bits per heavy atom. The second kappa shape index (κ2) is 4.63. The van der Waals surface area contributed by atoms with Crippen LogP contribution in [0.4, 0.5) is 11.6 Å². The molecule has 0 aliphatic carbocycles. The first-order chi connectivity index (χ1) is 7.70. The maximum Gasteiger partial charge on any atom is 0.149 e. The van der Waals surface area contributed by atoms with Crippen molar-refractivity contribution in [1.82, 2.24) is 9.97 Å². The van der Waals surface area contributed by atoms with Gasteiger partial charge in [0.25, 0.3) is 0 Å². The minimum Gasteiger partial charge on any atom is -0.389 e. The van der Waals surface area contributed by atoms with E-state index in [2.05, 4.69) is 15.3 Å². The molecular formula is C10H16N4O2. The average Bonchev–Trinajstić information content (AvgIpc) is 2.60. The Hall–Kier alpha value is -1.40. The number of anilines is 2. The molecule has 0 spiro atoms. The molecule has 0 amide bonds. The van der Waals surface area contributed by atoms with Gasteiger partial charge in [0.1, 0.15) is 11.6 Å². The predicted octanol–water partition coefficient (Wildman–Crippen LogP) is -0.550. The second-order valence-corrected chi connectivity index (χ2v) is 3.83. The van der Waals surface area contributed by atoms with Gasteiger partial charge in [-0.1, -0.05) is 0 Å². The third kappa shape index (κ3) is 2.23. The normalized spacial score (nSPS) is 24.8. The van der Waals surface area contributed by atoms with Crippen LogP contribution in [0, 0.1) is 0 Å². The van der Waals surface area contributed by atoms with Crippen molar-refractivity contribution in [1.29, 1.82) is 0 Å². The van der Waals surface area contributed by atoms with E-state index < -0.39 is 12.2 Å². The van der Waals surface area contributed by atoms with Crippen LogP contribution >= 0.6 is 0 Å². The van der Waals surface area contributed by atoms with E-state index in [9.17, 15) is 10.2 Å². The van der Waals surface area contributed by atoms with E-state index in [1.165, 1.54) is 0 Å². The van der Waals surface area contributed by atoms with Crippen molar-refractivity contribution in [2.24, 2.45) is 0 Å². The Labute approximate surface area is 94.0 Å². The van der Waals surface area contributed by atoms with Crippen molar-refractivity contribution in [3.8, 4) is 0 Å². The van der Waals surface area contributed by atoms with Gasteiger partial charge in [-0.05, 0) is 6.92 Å². The Kier molecular flexibility index (Phi) is 3.21. The molecule has 0 bridgehead atoms.